The lowest BCUT2D eigenvalue weighted by atomic mass is 9.86. The molecule has 1 amide bonds. The first-order valence-electron chi connectivity index (χ1n) is 8.71. The molecule has 2 aliphatic rings. The summed E-state index contributed by atoms with van der Waals surface area (Å²) < 4.78 is 13.2. The molecule has 27 heavy (non-hydrogen) atoms. The predicted octanol–water partition coefficient (Wildman–Crippen LogP) is 4.35. The molecular weight excluding hydrogens is 361 g/mol. The van der Waals surface area contributed by atoms with Crippen molar-refractivity contribution in [1.82, 2.24) is 4.90 Å². The number of aryl methyl sites for hydroxylation is 1. The van der Waals surface area contributed by atoms with Gasteiger partial charge in [-0.1, -0.05) is 41.6 Å². The second-order valence-electron chi connectivity index (χ2n) is 6.75. The Balaban J connectivity index is 1.65. The van der Waals surface area contributed by atoms with E-state index < -0.39 is 0 Å². The van der Waals surface area contributed by atoms with Gasteiger partial charge < -0.3 is 4.90 Å². The zero-order valence-electron chi connectivity index (χ0n) is 14.9. The molecule has 1 fully saturated rings. The third kappa shape index (κ3) is 3.31. The Kier molecular flexibility index (Phi) is 4.63. The Morgan fingerprint density at radius 3 is 2.52 bits per heavy atom. The molecule has 4 nitrogen and oxygen atoms in total. The second-order valence-corrected chi connectivity index (χ2v) is 7.68. The fraction of sp³-hybridized carbons (Fsp3) is 0.238. The van der Waals surface area contributed by atoms with E-state index in [1.807, 2.05) is 36.1 Å². The SMILES string of the molecule is Cc1ccc(C2CC(=O)N3CN(c4ccc(F)cc4)CSC3=C2C#N)cc1. The van der Waals surface area contributed by atoms with Crippen LogP contribution in [0.2, 0.25) is 0 Å². The Morgan fingerprint density at radius 1 is 1.15 bits per heavy atom. The van der Waals surface area contributed by atoms with Gasteiger partial charge in [0, 0.05) is 18.0 Å². The van der Waals surface area contributed by atoms with Crippen molar-refractivity contribution in [3.05, 3.63) is 76.1 Å². The minimum Gasteiger partial charge on any atom is -0.344 e. The van der Waals surface area contributed by atoms with Crippen LogP contribution in [-0.4, -0.2) is 23.4 Å². The summed E-state index contributed by atoms with van der Waals surface area (Å²) in [6.07, 6.45) is 0.285. The standard InChI is InChI=1S/C21H18FN3OS/c1-14-2-4-15(5-3-14)18-10-20(26)25-12-24(13-27-21(25)19(18)11-23)17-8-6-16(22)7-9-17/h2-9,18H,10,12-13H2,1H3. The molecule has 0 aromatic heterocycles. The number of rotatable bonds is 2. The number of halogens is 1. The summed E-state index contributed by atoms with van der Waals surface area (Å²) in [5.74, 6) is 0.134. The Labute approximate surface area is 161 Å². The second kappa shape index (κ2) is 7.09. The lowest BCUT2D eigenvalue weighted by Crippen LogP contribution is -2.47. The highest BCUT2D eigenvalue weighted by Gasteiger charge is 2.38. The van der Waals surface area contributed by atoms with Crippen molar-refractivity contribution in [1.29, 1.82) is 5.26 Å². The van der Waals surface area contributed by atoms with Crippen LogP contribution in [0.25, 0.3) is 0 Å². The monoisotopic (exact) mass is 379 g/mol. The minimum absolute atomic E-state index is 0.00823. The summed E-state index contributed by atoms with van der Waals surface area (Å²) in [6, 6.07) is 16.6. The van der Waals surface area contributed by atoms with E-state index >= 15 is 0 Å². The van der Waals surface area contributed by atoms with Crippen molar-refractivity contribution in [2.24, 2.45) is 0 Å². The van der Waals surface area contributed by atoms with Gasteiger partial charge in [0.1, 0.15) is 5.82 Å². The molecule has 2 heterocycles. The van der Waals surface area contributed by atoms with Gasteiger partial charge in [-0.3, -0.25) is 9.69 Å². The molecule has 1 unspecified atom stereocenters. The van der Waals surface area contributed by atoms with Gasteiger partial charge in [-0.15, -0.1) is 0 Å². The van der Waals surface area contributed by atoms with E-state index in [-0.39, 0.29) is 24.1 Å². The van der Waals surface area contributed by atoms with Crippen LogP contribution in [0.5, 0.6) is 0 Å². The van der Waals surface area contributed by atoms with Gasteiger partial charge in [-0.05, 0) is 36.8 Å². The van der Waals surface area contributed by atoms with Crippen molar-refractivity contribution in [2.45, 2.75) is 19.3 Å². The van der Waals surface area contributed by atoms with E-state index in [4.69, 9.17) is 0 Å². The first-order valence-corrected chi connectivity index (χ1v) is 9.70. The summed E-state index contributed by atoms with van der Waals surface area (Å²) in [5, 5.41) is 10.5. The van der Waals surface area contributed by atoms with Crippen LogP contribution < -0.4 is 4.90 Å². The van der Waals surface area contributed by atoms with Crippen LogP contribution in [0.3, 0.4) is 0 Å². The maximum Gasteiger partial charge on any atom is 0.229 e. The normalized spacial score (nSPS) is 19.7. The number of amides is 1. The van der Waals surface area contributed by atoms with Gasteiger partial charge in [0.05, 0.1) is 29.2 Å². The number of nitrogens with zero attached hydrogens (tertiary/aromatic N) is 3. The van der Waals surface area contributed by atoms with Crippen molar-refractivity contribution in [3.8, 4) is 6.07 Å². The Bertz CT molecular complexity index is 947. The zero-order valence-corrected chi connectivity index (χ0v) is 15.7. The van der Waals surface area contributed by atoms with E-state index in [9.17, 15) is 14.4 Å². The first kappa shape index (κ1) is 17.6. The van der Waals surface area contributed by atoms with E-state index in [1.54, 1.807) is 17.0 Å². The number of carbonyl (C=O) groups is 1. The molecule has 0 saturated carbocycles. The molecule has 6 heteroatoms. The largest absolute Gasteiger partial charge is 0.344 e. The molecule has 1 saturated heterocycles. The molecule has 2 aromatic carbocycles. The highest BCUT2D eigenvalue weighted by atomic mass is 32.2. The molecule has 0 N–H and O–H groups in total. The third-order valence-corrected chi connectivity index (χ3v) is 6.12. The van der Waals surface area contributed by atoms with Crippen molar-refractivity contribution < 1.29 is 9.18 Å². The third-order valence-electron chi connectivity index (χ3n) is 4.97. The fourth-order valence-corrected chi connectivity index (χ4v) is 4.63. The maximum absolute atomic E-state index is 13.2. The summed E-state index contributed by atoms with van der Waals surface area (Å²) in [7, 11) is 0. The highest BCUT2D eigenvalue weighted by molar-refractivity contribution is 8.03. The van der Waals surface area contributed by atoms with Crippen LogP contribution in [0, 0.1) is 24.1 Å². The first-order chi connectivity index (χ1) is 13.1. The lowest BCUT2D eigenvalue weighted by molar-refractivity contribution is -0.129. The number of hydrogen-bond acceptors (Lipinski definition) is 4. The van der Waals surface area contributed by atoms with Crippen LogP contribution in [0.1, 0.15) is 23.5 Å². The van der Waals surface area contributed by atoms with Crippen LogP contribution in [0.4, 0.5) is 10.1 Å². The number of benzene rings is 2. The lowest BCUT2D eigenvalue weighted by Gasteiger charge is -2.42. The molecule has 1 atom stereocenters. The molecule has 0 bridgehead atoms. The molecule has 136 valence electrons. The number of carbonyl (C=O) groups excluding carboxylic acids is 1. The average Bonchev–Trinajstić information content (AvgIpc) is 2.69. The quantitative estimate of drug-likeness (QED) is 0.778. The topological polar surface area (TPSA) is 47.3 Å². The summed E-state index contributed by atoms with van der Waals surface area (Å²) >= 11 is 1.49. The minimum atomic E-state index is -0.286. The average molecular weight is 379 g/mol. The van der Waals surface area contributed by atoms with Crippen molar-refractivity contribution in [3.63, 3.8) is 0 Å². The molecule has 0 radical (unpaired) electrons. The van der Waals surface area contributed by atoms with Crippen LogP contribution in [-0.2, 0) is 4.79 Å². The predicted molar refractivity (Wildman–Crippen MR) is 104 cm³/mol. The number of allylic oxidation sites excluding steroid dienone is 1. The number of hydrogen-bond donors (Lipinski definition) is 0. The van der Waals surface area contributed by atoms with Gasteiger partial charge in [0.15, 0.2) is 0 Å². The highest BCUT2D eigenvalue weighted by Crippen LogP contribution is 2.43. The smallest absolute Gasteiger partial charge is 0.229 e. The summed E-state index contributed by atoms with van der Waals surface area (Å²) in [6.45, 7) is 2.39. The van der Waals surface area contributed by atoms with E-state index in [2.05, 4.69) is 6.07 Å². The number of anilines is 1. The van der Waals surface area contributed by atoms with Gasteiger partial charge in [0.2, 0.25) is 5.91 Å². The summed E-state index contributed by atoms with van der Waals surface area (Å²) in [5.41, 5.74) is 3.66. The number of fused-ring (bicyclic) bond motifs is 1. The van der Waals surface area contributed by atoms with Gasteiger partial charge in [0.25, 0.3) is 0 Å². The summed E-state index contributed by atoms with van der Waals surface area (Å²) in [4.78, 5) is 16.5. The molecular formula is C21H18FN3OS. The van der Waals surface area contributed by atoms with Gasteiger partial charge in [-0.2, -0.15) is 5.26 Å². The Morgan fingerprint density at radius 2 is 1.85 bits per heavy atom. The number of thioether (sulfide) groups is 1. The fourth-order valence-electron chi connectivity index (χ4n) is 3.46. The van der Waals surface area contributed by atoms with Crippen LogP contribution >= 0.6 is 11.8 Å². The van der Waals surface area contributed by atoms with Crippen LogP contribution in [0.15, 0.2) is 59.1 Å². The van der Waals surface area contributed by atoms with Crippen molar-refractivity contribution >= 4 is 23.4 Å². The molecule has 4 rings (SSSR count). The van der Waals surface area contributed by atoms with Crippen molar-refractivity contribution in [2.75, 3.05) is 17.4 Å². The van der Waals surface area contributed by atoms with E-state index in [0.717, 1.165) is 21.8 Å². The van der Waals surface area contributed by atoms with E-state index in [0.29, 0.717) is 18.1 Å². The van der Waals surface area contributed by atoms with Gasteiger partial charge >= 0.3 is 0 Å². The van der Waals surface area contributed by atoms with E-state index in [1.165, 1.54) is 23.9 Å². The molecule has 2 aromatic rings. The molecule has 0 spiro atoms. The molecule has 2 aliphatic heterocycles. The molecule has 0 aliphatic carbocycles. The van der Waals surface area contributed by atoms with Gasteiger partial charge in [-0.25, -0.2) is 4.39 Å². The zero-order chi connectivity index (χ0) is 19.0. The number of nitriles is 1. The maximum atomic E-state index is 13.2. The Hall–Kier alpha value is -2.78.